The van der Waals surface area contributed by atoms with Crippen molar-refractivity contribution < 1.29 is 9.21 Å². The molecule has 0 unspecified atom stereocenters. The molecule has 0 bridgehead atoms. The number of nitrogens with zero attached hydrogens (tertiary/aromatic N) is 2. The molecule has 1 amide bonds. The molecule has 1 aromatic heterocycles. The smallest absolute Gasteiger partial charge is 0.231 e. The summed E-state index contributed by atoms with van der Waals surface area (Å²) in [4.78, 5) is 17.8. The maximum Gasteiger partial charge on any atom is 0.231 e. The van der Waals surface area contributed by atoms with Crippen molar-refractivity contribution in [3.63, 3.8) is 0 Å². The minimum Gasteiger partial charge on any atom is -0.461 e. The number of para-hydroxylation sites is 1. The second-order valence-corrected chi connectivity index (χ2v) is 6.92. The van der Waals surface area contributed by atoms with Crippen LogP contribution in [-0.4, -0.2) is 55.5 Å². The molecule has 4 N–H and O–H groups in total. The van der Waals surface area contributed by atoms with Crippen molar-refractivity contribution in [1.29, 1.82) is 0 Å². The van der Waals surface area contributed by atoms with Gasteiger partial charge < -0.3 is 20.8 Å². The first kappa shape index (κ1) is 22.5. The molecule has 2 aromatic rings. The molecular formula is C20H30IN5O2. The normalized spacial score (nSPS) is 16.0. The zero-order chi connectivity index (χ0) is 19.1. The summed E-state index contributed by atoms with van der Waals surface area (Å²) in [5.41, 5.74) is 6.19. The third kappa shape index (κ3) is 6.66. The molecule has 1 aliphatic rings. The van der Waals surface area contributed by atoms with Gasteiger partial charge in [0.2, 0.25) is 5.91 Å². The Morgan fingerprint density at radius 3 is 2.75 bits per heavy atom. The third-order valence-electron chi connectivity index (χ3n) is 4.76. The predicted molar refractivity (Wildman–Crippen MR) is 123 cm³/mol. The Kier molecular flexibility index (Phi) is 9.04. The Morgan fingerprint density at radius 1 is 1.32 bits per heavy atom. The molecule has 8 heteroatoms. The van der Waals surface area contributed by atoms with Crippen LogP contribution in [0.15, 0.2) is 39.7 Å². The van der Waals surface area contributed by atoms with Crippen molar-refractivity contribution in [2.24, 2.45) is 10.7 Å². The lowest BCUT2D eigenvalue weighted by Crippen LogP contribution is -2.49. The van der Waals surface area contributed by atoms with E-state index in [0.717, 1.165) is 61.6 Å². The van der Waals surface area contributed by atoms with Gasteiger partial charge in [-0.2, -0.15) is 0 Å². The van der Waals surface area contributed by atoms with Crippen molar-refractivity contribution >= 4 is 46.8 Å². The van der Waals surface area contributed by atoms with E-state index in [0.29, 0.717) is 19.1 Å². The van der Waals surface area contributed by atoms with Crippen LogP contribution in [0.4, 0.5) is 0 Å². The van der Waals surface area contributed by atoms with Crippen LogP contribution in [0.2, 0.25) is 0 Å². The van der Waals surface area contributed by atoms with Crippen LogP contribution >= 0.6 is 24.0 Å². The van der Waals surface area contributed by atoms with E-state index >= 15 is 0 Å². The Morgan fingerprint density at radius 2 is 2.07 bits per heavy atom. The molecule has 0 aliphatic carbocycles. The van der Waals surface area contributed by atoms with Crippen molar-refractivity contribution in [2.45, 2.75) is 32.2 Å². The van der Waals surface area contributed by atoms with E-state index in [-0.39, 0.29) is 29.9 Å². The molecule has 0 saturated carbocycles. The van der Waals surface area contributed by atoms with Gasteiger partial charge in [-0.3, -0.25) is 14.7 Å². The van der Waals surface area contributed by atoms with E-state index in [1.54, 1.807) is 0 Å². The molecule has 3 rings (SSSR count). The number of hydrogen-bond acceptors (Lipinski definition) is 4. The van der Waals surface area contributed by atoms with Gasteiger partial charge in [-0.15, -0.1) is 24.0 Å². The fourth-order valence-corrected chi connectivity index (χ4v) is 3.41. The highest BCUT2D eigenvalue weighted by Gasteiger charge is 2.20. The first-order chi connectivity index (χ1) is 13.1. The molecule has 7 nitrogen and oxygen atoms in total. The summed E-state index contributed by atoms with van der Waals surface area (Å²) in [5.74, 6) is 1.53. The maximum absolute atomic E-state index is 11.0. The third-order valence-corrected chi connectivity index (χ3v) is 4.76. The highest BCUT2D eigenvalue weighted by atomic mass is 127. The number of guanidine groups is 1. The van der Waals surface area contributed by atoms with Crippen molar-refractivity contribution in [2.75, 3.05) is 32.7 Å². The van der Waals surface area contributed by atoms with Gasteiger partial charge in [-0.05, 0) is 31.9 Å². The van der Waals surface area contributed by atoms with E-state index in [1.165, 1.54) is 0 Å². The van der Waals surface area contributed by atoms with Gasteiger partial charge in [0.25, 0.3) is 0 Å². The number of piperidine rings is 1. The van der Waals surface area contributed by atoms with Gasteiger partial charge in [0.15, 0.2) is 5.96 Å². The second kappa shape index (κ2) is 11.3. The Balaban J connectivity index is 0.00000280. The number of likely N-dealkylation sites (tertiary alicyclic amines) is 1. The molecule has 1 aliphatic heterocycles. The zero-order valence-electron chi connectivity index (χ0n) is 16.3. The van der Waals surface area contributed by atoms with Crippen LogP contribution < -0.4 is 16.4 Å². The van der Waals surface area contributed by atoms with E-state index in [4.69, 9.17) is 10.2 Å². The number of furan rings is 1. The van der Waals surface area contributed by atoms with Crippen molar-refractivity contribution in [1.82, 2.24) is 15.5 Å². The summed E-state index contributed by atoms with van der Waals surface area (Å²) in [6.45, 7) is 5.63. The number of carbonyl (C=O) groups is 1. The summed E-state index contributed by atoms with van der Waals surface area (Å²) >= 11 is 0. The average Bonchev–Trinajstić information content (AvgIpc) is 3.06. The number of fused-ring (bicyclic) bond motifs is 1. The number of hydrogen-bond donors (Lipinski definition) is 3. The lowest BCUT2D eigenvalue weighted by atomic mass is 10.1. The molecule has 154 valence electrons. The van der Waals surface area contributed by atoms with Crippen LogP contribution in [0.1, 0.15) is 25.5 Å². The van der Waals surface area contributed by atoms with E-state index in [9.17, 15) is 4.79 Å². The molecule has 0 atom stereocenters. The number of benzene rings is 1. The monoisotopic (exact) mass is 499 g/mol. The first-order valence-corrected chi connectivity index (χ1v) is 9.67. The summed E-state index contributed by atoms with van der Waals surface area (Å²) in [6, 6.07) is 10.5. The van der Waals surface area contributed by atoms with Crippen molar-refractivity contribution in [3.05, 3.63) is 36.1 Å². The summed E-state index contributed by atoms with van der Waals surface area (Å²) in [5, 5.41) is 7.94. The van der Waals surface area contributed by atoms with Crippen LogP contribution in [0, 0.1) is 0 Å². The molecule has 1 saturated heterocycles. The zero-order valence-corrected chi connectivity index (χ0v) is 18.6. The summed E-state index contributed by atoms with van der Waals surface area (Å²) < 4.78 is 5.85. The molecule has 1 fully saturated rings. The predicted octanol–water partition coefficient (Wildman–Crippen LogP) is 2.10. The number of nitrogens with two attached hydrogens (primary N) is 1. The number of aliphatic imine (C=N–C) groups is 1. The largest absolute Gasteiger partial charge is 0.461 e. The lowest BCUT2D eigenvalue weighted by molar-refractivity contribution is -0.119. The molecular weight excluding hydrogens is 469 g/mol. The number of primary amides is 1. The lowest BCUT2D eigenvalue weighted by Gasteiger charge is -2.32. The standard InChI is InChI=1S/C20H29N5O2.HI/c1-2-22-20(24-16-8-11-25(12-9-16)14-19(21)26)23-10-7-17-13-15-5-3-4-6-18(15)27-17;/h3-6,13,16H,2,7-12,14H2,1H3,(H2,21,26)(H2,22,23,24);1H. The number of halogens is 1. The van der Waals surface area contributed by atoms with Crippen LogP contribution in [-0.2, 0) is 11.2 Å². The number of amides is 1. The molecule has 0 spiro atoms. The highest BCUT2D eigenvalue weighted by Crippen LogP contribution is 2.19. The minimum atomic E-state index is -0.262. The molecule has 1 aromatic carbocycles. The number of nitrogens with one attached hydrogen (secondary N) is 2. The van der Waals surface area contributed by atoms with Crippen molar-refractivity contribution in [3.8, 4) is 0 Å². The van der Waals surface area contributed by atoms with Gasteiger partial charge >= 0.3 is 0 Å². The summed E-state index contributed by atoms with van der Waals surface area (Å²) in [7, 11) is 0. The molecule has 28 heavy (non-hydrogen) atoms. The van der Waals surface area contributed by atoms with Crippen LogP contribution in [0.25, 0.3) is 11.0 Å². The van der Waals surface area contributed by atoms with Gasteiger partial charge in [0, 0.05) is 44.0 Å². The van der Waals surface area contributed by atoms with E-state index in [1.807, 2.05) is 18.2 Å². The quantitative estimate of drug-likeness (QED) is 0.308. The Hall–Kier alpha value is -1.81. The van der Waals surface area contributed by atoms with Crippen LogP contribution in [0.3, 0.4) is 0 Å². The molecule has 2 heterocycles. The fourth-order valence-electron chi connectivity index (χ4n) is 3.41. The van der Waals surface area contributed by atoms with Crippen LogP contribution in [0.5, 0.6) is 0 Å². The van der Waals surface area contributed by atoms with Gasteiger partial charge in [0.05, 0.1) is 6.54 Å². The van der Waals surface area contributed by atoms with Gasteiger partial charge in [-0.1, -0.05) is 18.2 Å². The van der Waals surface area contributed by atoms with Gasteiger partial charge in [-0.25, -0.2) is 0 Å². The second-order valence-electron chi connectivity index (χ2n) is 6.92. The van der Waals surface area contributed by atoms with E-state index in [2.05, 4.69) is 39.6 Å². The first-order valence-electron chi connectivity index (χ1n) is 9.67. The fraction of sp³-hybridized carbons (Fsp3) is 0.500. The minimum absolute atomic E-state index is 0. The SMILES string of the molecule is CCNC(=NCCc1cc2ccccc2o1)NC1CCN(CC(N)=O)CC1.I. The number of carbonyl (C=O) groups excluding carboxylic acids is 1. The average molecular weight is 499 g/mol. The topological polar surface area (TPSA) is 95.9 Å². The number of rotatable bonds is 7. The molecule has 0 radical (unpaired) electrons. The summed E-state index contributed by atoms with van der Waals surface area (Å²) in [6.07, 6.45) is 2.71. The van der Waals surface area contributed by atoms with Gasteiger partial charge in [0.1, 0.15) is 11.3 Å². The Labute approximate surface area is 183 Å². The Bertz CT molecular complexity index is 751. The highest BCUT2D eigenvalue weighted by molar-refractivity contribution is 14.0. The van der Waals surface area contributed by atoms with E-state index < -0.39 is 0 Å². The maximum atomic E-state index is 11.0.